The summed E-state index contributed by atoms with van der Waals surface area (Å²) in [6.07, 6.45) is 5.44. The molecule has 1 saturated heterocycles. The summed E-state index contributed by atoms with van der Waals surface area (Å²) in [5.41, 5.74) is 2.25. The highest BCUT2D eigenvalue weighted by atomic mass is 19.1. The summed E-state index contributed by atoms with van der Waals surface area (Å²) < 4.78 is 35.8. The van der Waals surface area contributed by atoms with Gasteiger partial charge in [-0.1, -0.05) is 0 Å². The third-order valence-electron chi connectivity index (χ3n) is 3.66. The lowest BCUT2D eigenvalue weighted by molar-refractivity contribution is -0.0437. The van der Waals surface area contributed by atoms with Crippen molar-refractivity contribution in [3.05, 3.63) is 47.9 Å². The van der Waals surface area contributed by atoms with Crippen molar-refractivity contribution < 1.29 is 23.3 Å². The fourth-order valence-corrected chi connectivity index (χ4v) is 2.49. The molecular weight excluding hydrogens is 327 g/mol. The molecule has 0 bridgehead atoms. The zero-order valence-electron chi connectivity index (χ0n) is 14.1. The molecule has 0 radical (unpaired) electrons. The van der Waals surface area contributed by atoms with E-state index in [0.717, 1.165) is 6.20 Å². The van der Waals surface area contributed by atoms with Gasteiger partial charge in [0, 0.05) is 29.0 Å². The summed E-state index contributed by atoms with van der Waals surface area (Å²) in [5.74, 6) is -0.157. The van der Waals surface area contributed by atoms with Crippen LogP contribution >= 0.6 is 0 Å². The van der Waals surface area contributed by atoms with Gasteiger partial charge in [0.15, 0.2) is 6.29 Å². The minimum Gasteiger partial charge on any atom is -0.501 e. The molecule has 1 aliphatic heterocycles. The maximum absolute atomic E-state index is 14.3. The van der Waals surface area contributed by atoms with E-state index in [1.807, 2.05) is 6.92 Å². The number of halogens is 1. The molecule has 7 heteroatoms. The number of nitrogens with zero attached hydrogens (tertiary/aromatic N) is 2. The predicted molar refractivity (Wildman–Crippen MR) is 89.3 cm³/mol. The highest BCUT2D eigenvalue weighted by Gasteiger charge is 2.24. The molecule has 3 heterocycles. The monoisotopic (exact) mass is 346 g/mol. The second-order valence-corrected chi connectivity index (χ2v) is 5.23. The van der Waals surface area contributed by atoms with Gasteiger partial charge in [-0.05, 0) is 19.1 Å². The van der Waals surface area contributed by atoms with Crippen LogP contribution in [0.3, 0.4) is 0 Å². The third kappa shape index (κ3) is 3.94. The van der Waals surface area contributed by atoms with E-state index in [-0.39, 0.29) is 0 Å². The molecular formula is C18H19FN2O4. The molecule has 0 saturated carbocycles. The van der Waals surface area contributed by atoms with Crippen LogP contribution in [0.2, 0.25) is 0 Å². The molecule has 1 aliphatic rings. The number of ether oxygens (including phenoxy) is 4. The number of hydrogen-bond acceptors (Lipinski definition) is 6. The van der Waals surface area contributed by atoms with Gasteiger partial charge in [-0.15, -0.1) is 0 Å². The van der Waals surface area contributed by atoms with Crippen molar-refractivity contribution >= 4 is 6.08 Å². The average molecular weight is 346 g/mol. The van der Waals surface area contributed by atoms with E-state index in [0.29, 0.717) is 48.1 Å². The van der Waals surface area contributed by atoms with Crippen LogP contribution in [0.25, 0.3) is 17.2 Å². The molecule has 25 heavy (non-hydrogen) atoms. The Labute approximate surface area is 145 Å². The van der Waals surface area contributed by atoms with Crippen LogP contribution in [0.5, 0.6) is 5.88 Å². The Morgan fingerprint density at radius 1 is 1.20 bits per heavy atom. The van der Waals surface area contributed by atoms with E-state index in [1.165, 1.54) is 13.2 Å². The SMILES string of the molecule is CCOC=Cc1cc(C2OCCO2)c(-c2cc(OC)ncc2F)cn1. The van der Waals surface area contributed by atoms with Gasteiger partial charge >= 0.3 is 0 Å². The Balaban J connectivity index is 2.06. The predicted octanol–water partition coefficient (Wildman–Crippen LogP) is 3.34. The maximum atomic E-state index is 14.3. The van der Waals surface area contributed by atoms with Gasteiger partial charge in [-0.3, -0.25) is 4.98 Å². The quantitative estimate of drug-likeness (QED) is 0.748. The van der Waals surface area contributed by atoms with Crippen molar-refractivity contribution in [3.8, 4) is 17.0 Å². The van der Waals surface area contributed by atoms with Crippen LogP contribution in [0.1, 0.15) is 24.5 Å². The third-order valence-corrected chi connectivity index (χ3v) is 3.66. The first kappa shape index (κ1) is 17.3. The minimum atomic E-state index is -0.573. The molecule has 0 amide bonds. The number of rotatable bonds is 6. The standard InChI is InChI=1S/C18H19FN2O4/c1-3-23-5-4-12-8-14(18-24-6-7-25-18)15(10-20-12)13-9-17(22-2)21-11-16(13)19/h4-5,8-11,18H,3,6-7H2,1-2H3. The van der Waals surface area contributed by atoms with Gasteiger partial charge in [-0.25, -0.2) is 9.37 Å². The van der Waals surface area contributed by atoms with Gasteiger partial charge in [-0.2, -0.15) is 0 Å². The zero-order chi connectivity index (χ0) is 17.6. The molecule has 0 unspecified atom stereocenters. The van der Waals surface area contributed by atoms with E-state index in [1.54, 1.807) is 24.6 Å². The van der Waals surface area contributed by atoms with Crippen molar-refractivity contribution in [2.24, 2.45) is 0 Å². The second kappa shape index (κ2) is 8.04. The Morgan fingerprint density at radius 2 is 2.00 bits per heavy atom. The van der Waals surface area contributed by atoms with Crippen LogP contribution in [-0.2, 0) is 14.2 Å². The van der Waals surface area contributed by atoms with Gasteiger partial charge < -0.3 is 18.9 Å². The van der Waals surface area contributed by atoms with E-state index < -0.39 is 12.1 Å². The van der Waals surface area contributed by atoms with Gasteiger partial charge in [0.1, 0.15) is 5.82 Å². The average Bonchev–Trinajstić information content (AvgIpc) is 3.17. The molecule has 0 N–H and O–H groups in total. The molecule has 0 aliphatic carbocycles. The summed E-state index contributed by atoms with van der Waals surface area (Å²) in [4.78, 5) is 8.22. The van der Waals surface area contributed by atoms with Crippen LogP contribution in [0.15, 0.2) is 30.8 Å². The van der Waals surface area contributed by atoms with Gasteiger partial charge in [0.2, 0.25) is 5.88 Å². The van der Waals surface area contributed by atoms with Crippen molar-refractivity contribution in [1.29, 1.82) is 0 Å². The lowest BCUT2D eigenvalue weighted by Crippen LogP contribution is -2.04. The maximum Gasteiger partial charge on any atom is 0.213 e. The highest BCUT2D eigenvalue weighted by molar-refractivity contribution is 5.69. The number of aromatic nitrogens is 2. The largest absolute Gasteiger partial charge is 0.501 e. The summed E-state index contributed by atoms with van der Waals surface area (Å²) in [5, 5.41) is 0. The summed E-state index contributed by atoms with van der Waals surface area (Å²) in [7, 11) is 1.48. The molecule has 0 atom stereocenters. The molecule has 0 spiro atoms. The van der Waals surface area contributed by atoms with E-state index in [9.17, 15) is 4.39 Å². The summed E-state index contributed by atoms with van der Waals surface area (Å²) in [6.45, 7) is 3.43. The van der Waals surface area contributed by atoms with Crippen LogP contribution in [-0.4, -0.2) is 36.9 Å². The van der Waals surface area contributed by atoms with E-state index >= 15 is 0 Å². The Hall–Kier alpha value is -2.51. The first-order valence-electron chi connectivity index (χ1n) is 7.94. The number of hydrogen-bond donors (Lipinski definition) is 0. The summed E-state index contributed by atoms with van der Waals surface area (Å²) in [6, 6.07) is 3.33. The zero-order valence-corrected chi connectivity index (χ0v) is 14.1. The van der Waals surface area contributed by atoms with Crippen molar-refractivity contribution in [2.75, 3.05) is 26.9 Å². The van der Waals surface area contributed by atoms with Gasteiger partial charge in [0.25, 0.3) is 0 Å². The first-order chi connectivity index (χ1) is 12.2. The summed E-state index contributed by atoms with van der Waals surface area (Å²) >= 11 is 0. The molecule has 132 valence electrons. The van der Waals surface area contributed by atoms with Crippen molar-refractivity contribution in [2.45, 2.75) is 13.2 Å². The molecule has 0 aromatic carbocycles. The van der Waals surface area contributed by atoms with E-state index in [2.05, 4.69) is 9.97 Å². The lowest BCUT2D eigenvalue weighted by Gasteiger charge is -2.16. The smallest absolute Gasteiger partial charge is 0.213 e. The Bertz CT molecular complexity index is 761. The molecule has 6 nitrogen and oxygen atoms in total. The highest BCUT2D eigenvalue weighted by Crippen LogP contribution is 2.35. The Kier molecular flexibility index (Phi) is 5.57. The molecule has 2 aromatic heterocycles. The van der Waals surface area contributed by atoms with E-state index in [4.69, 9.17) is 18.9 Å². The van der Waals surface area contributed by atoms with Crippen LogP contribution in [0, 0.1) is 5.82 Å². The van der Waals surface area contributed by atoms with Gasteiger partial charge in [0.05, 0.1) is 45.1 Å². The second-order valence-electron chi connectivity index (χ2n) is 5.23. The first-order valence-corrected chi connectivity index (χ1v) is 7.94. The number of methoxy groups -OCH3 is 1. The van der Waals surface area contributed by atoms with Crippen molar-refractivity contribution in [1.82, 2.24) is 9.97 Å². The van der Waals surface area contributed by atoms with Crippen LogP contribution in [0.4, 0.5) is 4.39 Å². The fraction of sp³-hybridized carbons (Fsp3) is 0.333. The lowest BCUT2D eigenvalue weighted by atomic mass is 10.0. The van der Waals surface area contributed by atoms with Crippen molar-refractivity contribution in [3.63, 3.8) is 0 Å². The molecule has 1 fully saturated rings. The molecule has 3 rings (SSSR count). The Morgan fingerprint density at radius 3 is 2.72 bits per heavy atom. The topological polar surface area (TPSA) is 62.7 Å². The van der Waals surface area contributed by atoms with Crippen LogP contribution < -0.4 is 4.74 Å². The number of pyridine rings is 2. The molecule has 2 aromatic rings. The minimum absolute atomic E-state index is 0.316. The fourth-order valence-electron chi connectivity index (χ4n) is 2.49. The normalized spacial score (nSPS) is 15.0.